The lowest BCUT2D eigenvalue weighted by Gasteiger charge is -2.12. The molecule has 2 heterocycles. The second kappa shape index (κ2) is 6.25. The van der Waals surface area contributed by atoms with E-state index in [4.69, 9.17) is 0 Å². The van der Waals surface area contributed by atoms with E-state index in [1.54, 1.807) is 24.4 Å². The summed E-state index contributed by atoms with van der Waals surface area (Å²) < 4.78 is 2.12. The molecule has 0 bridgehead atoms. The number of aliphatic imine (C=N–C) groups is 1. The molecule has 2 aromatic carbocycles. The summed E-state index contributed by atoms with van der Waals surface area (Å²) in [5.41, 5.74) is 2.69. The number of nitrogens with zero attached hydrogens (tertiary/aromatic N) is 3. The van der Waals surface area contributed by atoms with Gasteiger partial charge in [0.2, 0.25) is 5.88 Å². The first-order chi connectivity index (χ1) is 13.0. The maximum Gasteiger partial charge on any atom is 0.338 e. The van der Waals surface area contributed by atoms with Crippen molar-refractivity contribution in [3.05, 3.63) is 86.1 Å². The van der Waals surface area contributed by atoms with Crippen molar-refractivity contribution in [2.24, 2.45) is 12.0 Å². The number of hydrogen-bond donors (Lipinski definition) is 1. The van der Waals surface area contributed by atoms with Crippen LogP contribution in [0, 0.1) is 6.92 Å². The van der Waals surface area contributed by atoms with Gasteiger partial charge in [-0.25, -0.2) is 9.36 Å². The molecule has 3 aromatic rings. The topological polar surface area (TPSA) is 76.6 Å². The molecule has 0 unspecified atom stereocenters. The van der Waals surface area contributed by atoms with Gasteiger partial charge in [0.1, 0.15) is 5.56 Å². The quantitative estimate of drug-likeness (QED) is 0.764. The average Bonchev–Trinajstić information content (AvgIpc) is 3.08. The van der Waals surface area contributed by atoms with Crippen LogP contribution in [0.2, 0.25) is 0 Å². The maximum absolute atomic E-state index is 13.0. The van der Waals surface area contributed by atoms with Crippen molar-refractivity contribution in [3.63, 3.8) is 0 Å². The molecule has 6 nitrogen and oxygen atoms in total. The van der Waals surface area contributed by atoms with Crippen LogP contribution in [0.1, 0.15) is 16.7 Å². The Labute approximate surface area is 155 Å². The highest BCUT2D eigenvalue weighted by Gasteiger charge is 2.19. The Balaban J connectivity index is 1.97. The predicted octanol–water partition coefficient (Wildman–Crippen LogP) is 2.81. The molecule has 0 spiro atoms. The summed E-state index contributed by atoms with van der Waals surface area (Å²) in [6.45, 7) is 1.92. The Bertz CT molecular complexity index is 1230. The fourth-order valence-corrected chi connectivity index (χ4v) is 3.08. The number of allylic oxidation sites excluding steroid dienone is 1. The number of benzene rings is 2. The van der Waals surface area contributed by atoms with Crippen LogP contribution in [-0.2, 0) is 7.05 Å². The van der Waals surface area contributed by atoms with Gasteiger partial charge in [-0.05, 0) is 31.2 Å². The van der Waals surface area contributed by atoms with Crippen molar-refractivity contribution in [3.8, 4) is 11.6 Å². The number of hydrogen-bond acceptors (Lipinski definition) is 4. The first-order valence-electron chi connectivity index (χ1n) is 8.44. The minimum absolute atomic E-state index is 0.0378. The van der Waals surface area contributed by atoms with E-state index in [0.717, 1.165) is 25.9 Å². The van der Waals surface area contributed by atoms with Crippen LogP contribution < -0.4 is 11.2 Å². The van der Waals surface area contributed by atoms with Crippen molar-refractivity contribution in [2.75, 3.05) is 0 Å². The van der Waals surface area contributed by atoms with E-state index in [-0.39, 0.29) is 11.4 Å². The van der Waals surface area contributed by atoms with E-state index in [2.05, 4.69) is 4.99 Å². The van der Waals surface area contributed by atoms with E-state index in [9.17, 15) is 14.7 Å². The van der Waals surface area contributed by atoms with Crippen molar-refractivity contribution in [2.45, 2.75) is 6.92 Å². The number of para-hydroxylation sites is 1. The molecule has 0 saturated heterocycles. The Morgan fingerprint density at radius 3 is 2.48 bits per heavy atom. The van der Waals surface area contributed by atoms with E-state index >= 15 is 0 Å². The first kappa shape index (κ1) is 16.8. The highest BCUT2D eigenvalue weighted by atomic mass is 16.3. The van der Waals surface area contributed by atoms with E-state index < -0.39 is 11.2 Å². The van der Waals surface area contributed by atoms with E-state index in [0.29, 0.717) is 11.3 Å². The summed E-state index contributed by atoms with van der Waals surface area (Å²) >= 11 is 0. The third-order valence-corrected chi connectivity index (χ3v) is 4.62. The Morgan fingerprint density at radius 1 is 1.04 bits per heavy atom. The first-order valence-corrected chi connectivity index (χ1v) is 8.44. The average molecular weight is 359 g/mol. The number of rotatable bonds is 2. The molecule has 1 aliphatic heterocycles. The van der Waals surface area contributed by atoms with Gasteiger partial charge >= 0.3 is 5.69 Å². The van der Waals surface area contributed by atoms with Crippen LogP contribution in [0.25, 0.3) is 17.3 Å². The molecule has 0 atom stereocenters. The standard InChI is InChI=1S/C21H17N3O3/c1-13-7-9-15(10-8-13)24-20(26)17(19(25)23(2)21(24)27)11-14-12-22-18-6-4-3-5-16(14)18/h3-12,25H,1-2H3. The molecule has 0 amide bonds. The molecular formula is C21H17N3O3. The third kappa shape index (κ3) is 2.71. The molecule has 0 aliphatic carbocycles. The molecule has 4 rings (SSSR count). The lowest BCUT2D eigenvalue weighted by atomic mass is 10.1. The highest BCUT2D eigenvalue weighted by molar-refractivity contribution is 6.21. The van der Waals surface area contributed by atoms with Crippen LogP contribution >= 0.6 is 0 Å². The monoisotopic (exact) mass is 359 g/mol. The molecule has 1 aromatic heterocycles. The highest BCUT2D eigenvalue weighted by Crippen LogP contribution is 2.32. The lowest BCUT2D eigenvalue weighted by molar-refractivity contribution is 0.413. The van der Waals surface area contributed by atoms with Crippen molar-refractivity contribution in [1.29, 1.82) is 0 Å². The summed E-state index contributed by atoms with van der Waals surface area (Å²) in [5, 5.41) is 10.4. The van der Waals surface area contributed by atoms with Crippen LogP contribution in [0.15, 0.2) is 63.1 Å². The van der Waals surface area contributed by atoms with Crippen LogP contribution in [0.3, 0.4) is 0 Å². The molecule has 0 radical (unpaired) electrons. The molecule has 134 valence electrons. The number of aromatic hydroxyl groups is 1. The van der Waals surface area contributed by atoms with Gasteiger partial charge < -0.3 is 5.11 Å². The molecular weight excluding hydrogens is 342 g/mol. The van der Waals surface area contributed by atoms with Gasteiger partial charge in [0.05, 0.1) is 11.4 Å². The summed E-state index contributed by atoms with van der Waals surface area (Å²) in [7, 11) is 1.43. The summed E-state index contributed by atoms with van der Waals surface area (Å²) in [5.74, 6) is -0.376. The van der Waals surface area contributed by atoms with Crippen LogP contribution in [0.5, 0.6) is 5.88 Å². The van der Waals surface area contributed by atoms with Gasteiger partial charge in [0.25, 0.3) is 5.56 Å². The molecule has 27 heavy (non-hydrogen) atoms. The second-order valence-electron chi connectivity index (χ2n) is 6.43. The van der Waals surface area contributed by atoms with Crippen molar-refractivity contribution < 1.29 is 5.11 Å². The molecule has 0 saturated carbocycles. The van der Waals surface area contributed by atoms with Gasteiger partial charge in [-0.15, -0.1) is 0 Å². The van der Waals surface area contributed by atoms with E-state index in [1.807, 2.05) is 43.3 Å². The second-order valence-corrected chi connectivity index (χ2v) is 6.43. The van der Waals surface area contributed by atoms with Crippen LogP contribution in [0.4, 0.5) is 5.69 Å². The van der Waals surface area contributed by atoms with Gasteiger partial charge in [-0.2, -0.15) is 0 Å². The Morgan fingerprint density at radius 2 is 1.74 bits per heavy atom. The molecule has 6 heteroatoms. The molecule has 1 N–H and O–H groups in total. The lowest BCUT2D eigenvalue weighted by Crippen LogP contribution is -2.38. The van der Waals surface area contributed by atoms with Crippen molar-refractivity contribution >= 4 is 23.6 Å². The zero-order valence-corrected chi connectivity index (χ0v) is 14.9. The van der Waals surface area contributed by atoms with Crippen LogP contribution in [-0.4, -0.2) is 20.5 Å². The fourth-order valence-electron chi connectivity index (χ4n) is 3.08. The van der Waals surface area contributed by atoms with Gasteiger partial charge in [-0.3, -0.25) is 14.4 Å². The Kier molecular flexibility index (Phi) is 3.88. The fraction of sp³-hybridized carbons (Fsp3) is 0.0952. The smallest absolute Gasteiger partial charge is 0.338 e. The number of fused-ring (bicyclic) bond motifs is 1. The molecule has 1 aliphatic rings. The number of aryl methyl sites for hydroxylation is 1. The zero-order valence-electron chi connectivity index (χ0n) is 14.9. The number of aromatic nitrogens is 2. The van der Waals surface area contributed by atoms with Crippen molar-refractivity contribution in [1.82, 2.24) is 9.13 Å². The minimum Gasteiger partial charge on any atom is -0.494 e. The SMILES string of the molecule is Cc1ccc(-n2c(=O)c(C=C3C=Nc4ccccc43)c(O)n(C)c2=O)cc1. The minimum atomic E-state index is -0.607. The largest absolute Gasteiger partial charge is 0.494 e. The summed E-state index contributed by atoms with van der Waals surface area (Å²) in [6.07, 6.45) is 3.21. The Hall–Kier alpha value is -3.67. The molecule has 0 fully saturated rings. The van der Waals surface area contributed by atoms with Gasteiger partial charge in [0, 0.05) is 24.4 Å². The maximum atomic E-state index is 13.0. The van der Waals surface area contributed by atoms with Gasteiger partial charge in [-0.1, -0.05) is 35.9 Å². The van der Waals surface area contributed by atoms with Gasteiger partial charge in [0.15, 0.2) is 0 Å². The predicted molar refractivity (Wildman–Crippen MR) is 106 cm³/mol. The normalized spacial score (nSPS) is 13.9. The zero-order chi connectivity index (χ0) is 19.1. The third-order valence-electron chi connectivity index (χ3n) is 4.62. The van der Waals surface area contributed by atoms with E-state index in [1.165, 1.54) is 7.05 Å². The summed E-state index contributed by atoms with van der Waals surface area (Å²) in [4.78, 5) is 30.0. The summed E-state index contributed by atoms with van der Waals surface area (Å²) in [6, 6.07) is 14.6.